The number of carbonyl (C=O) groups excluding carboxylic acids is 1. The summed E-state index contributed by atoms with van der Waals surface area (Å²) in [4.78, 5) is 14.7. The Morgan fingerprint density at radius 2 is 2.11 bits per heavy atom. The van der Waals surface area contributed by atoms with E-state index in [0.717, 1.165) is 35.6 Å². The van der Waals surface area contributed by atoms with Crippen LogP contribution in [0.5, 0.6) is 5.75 Å². The molecule has 0 fully saturated rings. The van der Waals surface area contributed by atoms with Gasteiger partial charge in [0.05, 0.1) is 19.4 Å². The molecule has 0 radical (unpaired) electrons. The Morgan fingerprint density at radius 3 is 2.93 bits per heavy atom. The third kappa shape index (κ3) is 3.74. The quantitative estimate of drug-likeness (QED) is 0.788. The topological polar surface area (TPSA) is 56.6 Å². The smallest absolute Gasteiger partial charge is 0.272 e. The third-order valence-corrected chi connectivity index (χ3v) is 4.85. The van der Waals surface area contributed by atoms with E-state index in [-0.39, 0.29) is 5.91 Å². The number of ether oxygens (including phenoxy) is 2. The van der Waals surface area contributed by atoms with Gasteiger partial charge in [-0.2, -0.15) is 5.10 Å². The van der Waals surface area contributed by atoms with Crippen LogP contribution in [-0.4, -0.2) is 34.2 Å². The molecule has 0 unspecified atom stereocenters. The fourth-order valence-corrected chi connectivity index (χ4v) is 3.42. The van der Waals surface area contributed by atoms with E-state index in [2.05, 4.69) is 11.2 Å². The Balaban J connectivity index is 1.45. The Bertz CT molecular complexity index is 898. The van der Waals surface area contributed by atoms with Crippen LogP contribution in [-0.2, 0) is 24.4 Å². The predicted molar refractivity (Wildman–Crippen MR) is 101 cm³/mol. The van der Waals surface area contributed by atoms with Gasteiger partial charge in [0, 0.05) is 25.1 Å². The monoisotopic (exact) mass is 365 g/mol. The lowest BCUT2D eigenvalue weighted by Gasteiger charge is -2.28. The standard InChI is InChI=1S/C21H23N3O3/c1-26-20-10-6-5-7-16(20)14-23-11-12-24-19(21(23)25)13-17(22-24)15-27-18-8-3-2-4-9-18/h2-3,5-8,10,13H,4,9,11-12,14-15H2,1H3. The minimum absolute atomic E-state index is 0.00859. The van der Waals surface area contributed by atoms with Gasteiger partial charge in [-0.15, -0.1) is 0 Å². The number of rotatable bonds is 6. The summed E-state index contributed by atoms with van der Waals surface area (Å²) in [5, 5.41) is 4.54. The van der Waals surface area contributed by atoms with E-state index >= 15 is 0 Å². The average molecular weight is 365 g/mol. The van der Waals surface area contributed by atoms with Crippen molar-refractivity contribution in [1.29, 1.82) is 0 Å². The molecule has 0 saturated carbocycles. The first-order valence-corrected chi connectivity index (χ1v) is 9.21. The Kier molecular flexibility index (Phi) is 4.96. The van der Waals surface area contributed by atoms with Crippen molar-refractivity contribution in [2.45, 2.75) is 32.5 Å². The van der Waals surface area contributed by atoms with Gasteiger partial charge >= 0.3 is 0 Å². The van der Waals surface area contributed by atoms with Gasteiger partial charge in [-0.1, -0.05) is 30.4 Å². The minimum Gasteiger partial charge on any atom is -0.496 e. The maximum atomic E-state index is 12.9. The highest BCUT2D eigenvalue weighted by Gasteiger charge is 2.27. The number of benzene rings is 1. The number of hydrogen-bond donors (Lipinski definition) is 0. The molecule has 1 aromatic carbocycles. The third-order valence-electron chi connectivity index (χ3n) is 4.85. The first-order chi connectivity index (χ1) is 13.2. The summed E-state index contributed by atoms with van der Waals surface area (Å²) in [5.41, 5.74) is 2.40. The number of fused-ring (bicyclic) bond motifs is 1. The van der Waals surface area contributed by atoms with Crippen molar-refractivity contribution >= 4 is 5.91 Å². The van der Waals surface area contributed by atoms with Gasteiger partial charge in [0.2, 0.25) is 0 Å². The normalized spacial score (nSPS) is 16.1. The maximum Gasteiger partial charge on any atom is 0.272 e. The number of methoxy groups -OCH3 is 1. The summed E-state index contributed by atoms with van der Waals surface area (Å²) in [6, 6.07) is 9.64. The molecular weight excluding hydrogens is 342 g/mol. The van der Waals surface area contributed by atoms with Crippen molar-refractivity contribution in [3.63, 3.8) is 0 Å². The highest BCUT2D eigenvalue weighted by atomic mass is 16.5. The van der Waals surface area contributed by atoms with E-state index in [1.807, 2.05) is 47.4 Å². The second-order valence-electron chi connectivity index (χ2n) is 6.67. The molecule has 0 N–H and O–H groups in total. The van der Waals surface area contributed by atoms with Crippen LogP contribution in [0.2, 0.25) is 0 Å². The Labute approximate surface area is 158 Å². The molecule has 1 aliphatic carbocycles. The zero-order valence-electron chi connectivity index (χ0n) is 15.4. The molecule has 27 heavy (non-hydrogen) atoms. The van der Waals surface area contributed by atoms with Gasteiger partial charge in [-0.25, -0.2) is 0 Å². The largest absolute Gasteiger partial charge is 0.496 e. The molecule has 140 valence electrons. The van der Waals surface area contributed by atoms with Crippen molar-refractivity contribution in [2.75, 3.05) is 13.7 Å². The van der Waals surface area contributed by atoms with Gasteiger partial charge in [0.25, 0.3) is 5.91 Å². The summed E-state index contributed by atoms with van der Waals surface area (Å²) in [5.74, 6) is 1.76. The van der Waals surface area contributed by atoms with E-state index in [1.165, 1.54) is 0 Å². The number of amides is 1. The van der Waals surface area contributed by atoms with Gasteiger partial charge in [-0.05, 0) is 24.6 Å². The number of para-hydroxylation sites is 1. The molecule has 0 spiro atoms. The van der Waals surface area contributed by atoms with Crippen LogP contribution >= 0.6 is 0 Å². The van der Waals surface area contributed by atoms with Crippen LogP contribution in [0.15, 0.2) is 54.3 Å². The number of hydrogen-bond acceptors (Lipinski definition) is 4. The van der Waals surface area contributed by atoms with E-state index < -0.39 is 0 Å². The highest BCUT2D eigenvalue weighted by Crippen LogP contribution is 2.23. The average Bonchev–Trinajstić information content (AvgIpc) is 3.14. The van der Waals surface area contributed by atoms with Crippen molar-refractivity contribution < 1.29 is 14.3 Å². The molecule has 0 atom stereocenters. The maximum absolute atomic E-state index is 12.9. The number of carbonyl (C=O) groups is 1. The molecule has 2 aromatic rings. The SMILES string of the molecule is COc1ccccc1CN1CCn2nc(COC3=CC=CCC3)cc2C1=O. The van der Waals surface area contributed by atoms with Crippen LogP contribution in [0.25, 0.3) is 0 Å². The molecule has 2 aliphatic rings. The second-order valence-corrected chi connectivity index (χ2v) is 6.67. The lowest BCUT2D eigenvalue weighted by atomic mass is 10.1. The van der Waals surface area contributed by atoms with Crippen LogP contribution in [0.4, 0.5) is 0 Å². The van der Waals surface area contributed by atoms with Gasteiger partial charge in [-0.3, -0.25) is 9.48 Å². The number of nitrogens with zero attached hydrogens (tertiary/aromatic N) is 3. The summed E-state index contributed by atoms with van der Waals surface area (Å²) < 4.78 is 13.0. The molecule has 1 amide bonds. The van der Waals surface area contributed by atoms with Crippen molar-refractivity contribution in [3.8, 4) is 5.75 Å². The van der Waals surface area contributed by atoms with Crippen molar-refractivity contribution in [3.05, 3.63) is 71.3 Å². The van der Waals surface area contributed by atoms with Crippen LogP contribution < -0.4 is 4.74 Å². The van der Waals surface area contributed by atoms with E-state index in [4.69, 9.17) is 9.47 Å². The van der Waals surface area contributed by atoms with Gasteiger partial charge in [0.15, 0.2) is 0 Å². The first kappa shape index (κ1) is 17.4. The van der Waals surface area contributed by atoms with Crippen LogP contribution in [0.1, 0.15) is 34.6 Å². The van der Waals surface area contributed by atoms with Crippen LogP contribution in [0.3, 0.4) is 0 Å². The second kappa shape index (κ2) is 7.70. The zero-order valence-corrected chi connectivity index (χ0v) is 15.4. The molecule has 0 bridgehead atoms. The fourth-order valence-electron chi connectivity index (χ4n) is 3.42. The molecule has 0 saturated heterocycles. The number of allylic oxidation sites excluding steroid dienone is 4. The fraction of sp³-hybridized carbons (Fsp3) is 0.333. The van der Waals surface area contributed by atoms with Gasteiger partial charge < -0.3 is 14.4 Å². The number of aromatic nitrogens is 2. The predicted octanol–water partition coefficient (Wildman–Crippen LogP) is 3.30. The molecule has 1 aromatic heterocycles. The first-order valence-electron chi connectivity index (χ1n) is 9.21. The summed E-state index contributed by atoms with van der Waals surface area (Å²) in [6.07, 6.45) is 8.03. The highest BCUT2D eigenvalue weighted by molar-refractivity contribution is 5.93. The lowest BCUT2D eigenvalue weighted by Crippen LogP contribution is -2.39. The van der Waals surface area contributed by atoms with E-state index in [1.54, 1.807) is 11.8 Å². The summed E-state index contributed by atoms with van der Waals surface area (Å²) in [7, 11) is 1.65. The Morgan fingerprint density at radius 1 is 1.22 bits per heavy atom. The van der Waals surface area contributed by atoms with E-state index in [0.29, 0.717) is 31.9 Å². The molecule has 4 rings (SSSR count). The summed E-state index contributed by atoms with van der Waals surface area (Å²) in [6.45, 7) is 2.22. The van der Waals surface area contributed by atoms with Gasteiger partial charge in [0.1, 0.15) is 23.7 Å². The van der Waals surface area contributed by atoms with Crippen molar-refractivity contribution in [1.82, 2.24) is 14.7 Å². The lowest BCUT2D eigenvalue weighted by molar-refractivity contribution is 0.0682. The van der Waals surface area contributed by atoms with Crippen molar-refractivity contribution in [2.24, 2.45) is 0 Å². The Hall–Kier alpha value is -3.02. The molecule has 6 nitrogen and oxygen atoms in total. The van der Waals surface area contributed by atoms with E-state index in [9.17, 15) is 4.79 Å². The molecule has 1 aliphatic heterocycles. The molecule has 2 heterocycles. The zero-order chi connectivity index (χ0) is 18.6. The molecule has 6 heteroatoms. The summed E-state index contributed by atoms with van der Waals surface area (Å²) >= 11 is 0. The van der Waals surface area contributed by atoms with Crippen LogP contribution in [0, 0.1) is 0 Å². The molecular formula is C21H23N3O3. The minimum atomic E-state index is -0.00859.